The SMILES string of the molecule is Cc1cccc(S(=O)(=O)Cl)n1.Cc1cccc(SCc2ccccc2)n1. The van der Waals surface area contributed by atoms with Crippen molar-refractivity contribution in [1.29, 1.82) is 0 Å². The summed E-state index contributed by atoms with van der Waals surface area (Å²) in [6.07, 6.45) is 0. The van der Waals surface area contributed by atoms with Crippen molar-refractivity contribution >= 4 is 31.5 Å². The summed E-state index contributed by atoms with van der Waals surface area (Å²) >= 11 is 1.78. The molecule has 1 aromatic carbocycles. The summed E-state index contributed by atoms with van der Waals surface area (Å²) in [6.45, 7) is 3.72. The number of rotatable bonds is 4. The molecule has 0 N–H and O–H groups in total. The highest BCUT2D eigenvalue weighted by Gasteiger charge is 2.10. The third-order valence-electron chi connectivity index (χ3n) is 3.20. The minimum atomic E-state index is -3.66. The van der Waals surface area contributed by atoms with Crippen LogP contribution in [0.5, 0.6) is 0 Å². The molecule has 0 spiro atoms. The zero-order valence-corrected chi connectivity index (χ0v) is 16.9. The smallest absolute Gasteiger partial charge is 0.247 e. The van der Waals surface area contributed by atoms with Crippen LogP contribution in [0.1, 0.15) is 17.0 Å². The van der Waals surface area contributed by atoms with E-state index < -0.39 is 9.05 Å². The Morgan fingerprint density at radius 2 is 1.46 bits per heavy atom. The lowest BCUT2D eigenvalue weighted by Gasteiger charge is -2.01. The minimum absolute atomic E-state index is 0.0980. The molecular weight excluding hydrogens is 388 g/mol. The van der Waals surface area contributed by atoms with Crippen molar-refractivity contribution in [2.24, 2.45) is 0 Å². The topological polar surface area (TPSA) is 59.9 Å². The quantitative estimate of drug-likeness (QED) is 0.450. The highest BCUT2D eigenvalue weighted by atomic mass is 35.7. The van der Waals surface area contributed by atoms with Crippen molar-refractivity contribution in [3.63, 3.8) is 0 Å². The molecule has 4 nitrogen and oxygen atoms in total. The molecule has 3 aromatic rings. The minimum Gasteiger partial charge on any atom is -0.247 e. The first-order chi connectivity index (χ1) is 12.3. The second-order valence-electron chi connectivity index (χ2n) is 5.45. The van der Waals surface area contributed by atoms with E-state index in [1.165, 1.54) is 11.6 Å². The van der Waals surface area contributed by atoms with Crippen molar-refractivity contribution in [2.75, 3.05) is 0 Å². The van der Waals surface area contributed by atoms with Gasteiger partial charge >= 0.3 is 0 Å². The number of hydrogen-bond donors (Lipinski definition) is 0. The molecule has 0 aliphatic rings. The molecule has 136 valence electrons. The summed E-state index contributed by atoms with van der Waals surface area (Å²) < 4.78 is 21.4. The van der Waals surface area contributed by atoms with Gasteiger partial charge < -0.3 is 0 Å². The molecule has 0 amide bonds. The Morgan fingerprint density at radius 1 is 0.846 bits per heavy atom. The van der Waals surface area contributed by atoms with E-state index in [1.807, 2.05) is 19.1 Å². The van der Waals surface area contributed by atoms with E-state index in [-0.39, 0.29) is 5.03 Å². The number of aromatic nitrogens is 2. The van der Waals surface area contributed by atoms with E-state index >= 15 is 0 Å². The van der Waals surface area contributed by atoms with Crippen LogP contribution in [0.25, 0.3) is 0 Å². The number of thioether (sulfide) groups is 1. The van der Waals surface area contributed by atoms with Crippen LogP contribution in [0.4, 0.5) is 0 Å². The second kappa shape index (κ2) is 9.71. The monoisotopic (exact) mass is 406 g/mol. The van der Waals surface area contributed by atoms with Gasteiger partial charge in [-0.1, -0.05) is 42.5 Å². The van der Waals surface area contributed by atoms with Gasteiger partial charge in [-0.2, -0.15) is 0 Å². The van der Waals surface area contributed by atoms with Gasteiger partial charge in [-0.15, -0.1) is 11.8 Å². The van der Waals surface area contributed by atoms with E-state index in [0.717, 1.165) is 16.5 Å². The van der Waals surface area contributed by atoms with Crippen LogP contribution >= 0.6 is 22.4 Å². The molecule has 0 aliphatic carbocycles. The Morgan fingerprint density at radius 3 is 2.00 bits per heavy atom. The Balaban J connectivity index is 0.000000197. The summed E-state index contributed by atoms with van der Waals surface area (Å²) in [5.74, 6) is 0.983. The highest BCUT2D eigenvalue weighted by Crippen LogP contribution is 2.20. The lowest BCUT2D eigenvalue weighted by Crippen LogP contribution is -1.95. The van der Waals surface area contributed by atoms with E-state index in [0.29, 0.717) is 5.69 Å². The summed E-state index contributed by atoms with van der Waals surface area (Å²) in [7, 11) is 1.38. The van der Waals surface area contributed by atoms with E-state index in [1.54, 1.807) is 30.8 Å². The van der Waals surface area contributed by atoms with Crippen molar-refractivity contribution in [3.05, 3.63) is 83.7 Å². The first kappa shape index (κ1) is 20.4. The number of halogens is 1. The second-order valence-corrected chi connectivity index (χ2v) is 8.95. The predicted octanol–water partition coefficient (Wildman–Crippen LogP) is 5.00. The molecule has 7 heteroatoms. The zero-order valence-electron chi connectivity index (χ0n) is 14.5. The molecule has 3 rings (SSSR count). The van der Waals surface area contributed by atoms with Gasteiger partial charge in [0.2, 0.25) is 0 Å². The summed E-state index contributed by atoms with van der Waals surface area (Å²) in [5, 5.41) is 0.998. The molecule has 2 aromatic heterocycles. The summed E-state index contributed by atoms with van der Waals surface area (Å²) in [5.41, 5.74) is 3.05. The molecule has 0 radical (unpaired) electrons. The van der Waals surface area contributed by atoms with Gasteiger partial charge in [0.1, 0.15) is 0 Å². The van der Waals surface area contributed by atoms with E-state index in [4.69, 9.17) is 10.7 Å². The van der Waals surface area contributed by atoms with Gasteiger partial charge in [-0.05, 0) is 43.7 Å². The Labute approximate surface area is 163 Å². The van der Waals surface area contributed by atoms with Crippen LogP contribution in [0.2, 0.25) is 0 Å². The van der Waals surface area contributed by atoms with Gasteiger partial charge in [0.15, 0.2) is 5.03 Å². The molecule has 2 heterocycles. The fourth-order valence-corrected chi connectivity index (χ4v) is 3.63. The van der Waals surface area contributed by atoms with Crippen LogP contribution in [-0.2, 0) is 14.8 Å². The van der Waals surface area contributed by atoms with Crippen molar-refractivity contribution < 1.29 is 8.42 Å². The zero-order chi connectivity index (χ0) is 19.0. The first-order valence-corrected chi connectivity index (χ1v) is 11.1. The molecule has 0 saturated carbocycles. The van der Waals surface area contributed by atoms with Gasteiger partial charge in [0, 0.05) is 27.8 Å². The molecule has 0 saturated heterocycles. The number of hydrogen-bond acceptors (Lipinski definition) is 5. The predicted molar refractivity (Wildman–Crippen MR) is 107 cm³/mol. The Hall–Kier alpha value is -1.89. The summed E-state index contributed by atoms with van der Waals surface area (Å²) in [6, 6.07) is 21.2. The number of aryl methyl sites for hydroxylation is 2. The number of benzene rings is 1. The first-order valence-electron chi connectivity index (χ1n) is 7.83. The van der Waals surface area contributed by atoms with Crippen LogP contribution in [0, 0.1) is 13.8 Å². The normalized spacial score (nSPS) is 10.7. The maximum Gasteiger partial charge on any atom is 0.278 e. The molecule has 0 bridgehead atoms. The Bertz CT molecular complexity index is 949. The van der Waals surface area contributed by atoms with Crippen LogP contribution in [0.15, 0.2) is 76.8 Å². The van der Waals surface area contributed by atoms with Crippen molar-refractivity contribution in [2.45, 2.75) is 29.7 Å². The van der Waals surface area contributed by atoms with Gasteiger partial charge in [0.25, 0.3) is 9.05 Å². The van der Waals surface area contributed by atoms with Gasteiger partial charge in [-0.3, -0.25) is 0 Å². The molecule has 26 heavy (non-hydrogen) atoms. The fraction of sp³-hybridized carbons (Fsp3) is 0.158. The average Bonchev–Trinajstić information content (AvgIpc) is 2.61. The van der Waals surface area contributed by atoms with E-state index in [2.05, 4.69) is 46.4 Å². The van der Waals surface area contributed by atoms with Crippen LogP contribution in [-0.4, -0.2) is 18.4 Å². The average molecular weight is 407 g/mol. The largest absolute Gasteiger partial charge is 0.278 e. The fourth-order valence-electron chi connectivity index (χ4n) is 1.98. The molecule has 0 unspecified atom stereocenters. The molecular formula is C19H19ClN2O2S2. The van der Waals surface area contributed by atoms with E-state index in [9.17, 15) is 8.42 Å². The lowest BCUT2D eigenvalue weighted by molar-refractivity contribution is 0.606. The standard InChI is InChI=1S/C13H13NS.C6H6ClNO2S/c1-11-6-5-9-13(14-11)15-10-12-7-3-2-4-8-12;1-5-3-2-4-6(8-5)11(7,9)10/h2-9H,10H2,1H3;2-4H,1H3. The maximum absolute atomic E-state index is 10.7. The molecule has 0 fully saturated rings. The van der Waals surface area contributed by atoms with Crippen LogP contribution < -0.4 is 0 Å². The van der Waals surface area contributed by atoms with Gasteiger partial charge in [0.05, 0.1) is 5.03 Å². The molecule has 0 atom stereocenters. The number of nitrogens with zero attached hydrogens (tertiary/aromatic N) is 2. The lowest BCUT2D eigenvalue weighted by atomic mass is 10.2. The molecule has 0 aliphatic heterocycles. The number of pyridine rings is 2. The highest BCUT2D eigenvalue weighted by molar-refractivity contribution is 8.13. The van der Waals surface area contributed by atoms with Crippen molar-refractivity contribution in [3.8, 4) is 0 Å². The summed E-state index contributed by atoms with van der Waals surface area (Å²) in [4.78, 5) is 8.18. The third-order valence-corrected chi connectivity index (χ3v) is 5.41. The maximum atomic E-state index is 10.7. The van der Waals surface area contributed by atoms with Gasteiger partial charge in [-0.25, -0.2) is 18.4 Å². The third kappa shape index (κ3) is 7.15. The Kier molecular flexibility index (Phi) is 7.63. The van der Waals surface area contributed by atoms with Crippen LogP contribution in [0.3, 0.4) is 0 Å². The van der Waals surface area contributed by atoms with Crippen molar-refractivity contribution in [1.82, 2.24) is 9.97 Å².